The van der Waals surface area contributed by atoms with Crippen molar-refractivity contribution in [2.75, 3.05) is 20.8 Å². The van der Waals surface area contributed by atoms with E-state index in [0.29, 0.717) is 20.8 Å². The Hall–Kier alpha value is -2.73. The number of esters is 1. The summed E-state index contributed by atoms with van der Waals surface area (Å²) in [5.41, 5.74) is -0.0852. The van der Waals surface area contributed by atoms with E-state index in [1.54, 1.807) is 6.07 Å². The van der Waals surface area contributed by atoms with Crippen molar-refractivity contribution >= 4 is 50.2 Å². The topological polar surface area (TPSA) is 91.3 Å². The van der Waals surface area contributed by atoms with Gasteiger partial charge in [-0.15, -0.1) is 0 Å². The molecule has 0 spiro atoms. The van der Waals surface area contributed by atoms with Gasteiger partial charge in [0.05, 0.1) is 32.0 Å². The lowest BCUT2D eigenvalue weighted by molar-refractivity contribution is -0.188. The summed E-state index contributed by atoms with van der Waals surface area (Å²) in [6, 6.07) is 6.12. The second-order valence-corrected chi connectivity index (χ2v) is 8.38. The molecule has 34 heavy (non-hydrogen) atoms. The summed E-state index contributed by atoms with van der Waals surface area (Å²) in [5, 5.41) is 9.34. The number of carbonyl (C=O) groups excluding carboxylic acids is 2. The Morgan fingerprint density at radius 3 is 2.24 bits per heavy atom. The zero-order valence-electron chi connectivity index (χ0n) is 18.0. The Morgan fingerprint density at radius 2 is 1.71 bits per heavy atom. The van der Waals surface area contributed by atoms with Gasteiger partial charge >= 0.3 is 12.1 Å². The van der Waals surface area contributed by atoms with Crippen molar-refractivity contribution in [1.82, 2.24) is 0 Å². The van der Waals surface area contributed by atoms with Crippen LogP contribution in [0.5, 0.6) is 23.0 Å². The third-order valence-electron chi connectivity index (χ3n) is 4.32. The first-order valence-electron chi connectivity index (χ1n) is 9.48. The molecule has 0 fully saturated rings. The van der Waals surface area contributed by atoms with Crippen molar-refractivity contribution < 1.29 is 46.8 Å². The minimum atomic E-state index is -4.76. The van der Waals surface area contributed by atoms with Crippen LogP contribution in [0.25, 0.3) is 6.08 Å². The molecule has 3 rings (SSSR count). The van der Waals surface area contributed by atoms with Crippen LogP contribution in [-0.4, -0.2) is 50.5 Å². The van der Waals surface area contributed by atoms with Crippen LogP contribution in [-0.2, 0) is 9.53 Å². The lowest BCUT2D eigenvalue weighted by Gasteiger charge is -2.28. The Balaban J connectivity index is 0.000000287. The molecule has 12 heteroatoms. The highest BCUT2D eigenvalue weighted by molar-refractivity contribution is 9.10. The number of carbonyl (C=O) groups is 2. The summed E-state index contributed by atoms with van der Waals surface area (Å²) < 4.78 is 60.4. The van der Waals surface area contributed by atoms with Gasteiger partial charge < -0.3 is 24.1 Å². The summed E-state index contributed by atoms with van der Waals surface area (Å²) in [5.74, 6) is -0.838. The first kappa shape index (κ1) is 27.5. The van der Waals surface area contributed by atoms with E-state index in [4.69, 9.17) is 14.2 Å². The van der Waals surface area contributed by atoms with Crippen LogP contribution in [0.15, 0.2) is 38.8 Å². The van der Waals surface area contributed by atoms with E-state index in [9.17, 15) is 27.9 Å². The van der Waals surface area contributed by atoms with E-state index < -0.39 is 23.8 Å². The van der Waals surface area contributed by atoms with Gasteiger partial charge in [-0.1, -0.05) is 31.9 Å². The number of ether oxygens (including phenoxy) is 4. The zero-order chi connectivity index (χ0) is 25.6. The molecule has 0 amide bonds. The quantitative estimate of drug-likeness (QED) is 0.342. The first-order chi connectivity index (χ1) is 16.0. The van der Waals surface area contributed by atoms with Crippen molar-refractivity contribution in [2.45, 2.75) is 19.2 Å². The van der Waals surface area contributed by atoms with Gasteiger partial charge in [0.2, 0.25) is 6.10 Å². The van der Waals surface area contributed by atoms with Crippen LogP contribution in [0, 0.1) is 0 Å². The fraction of sp³-hybridized carbons (Fsp3) is 0.273. The van der Waals surface area contributed by atoms with Crippen molar-refractivity contribution in [3.05, 3.63) is 49.9 Å². The number of phenols is 1. The third-order valence-corrected chi connectivity index (χ3v) is 5.24. The van der Waals surface area contributed by atoms with Gasteiger partial charge in [0.25, 0.3) is 0 Å². The molecule has 1 unspecified atom stereocenters. The van der Waals surface area contributed by atoms with Crippen LogP contribution in [0.4, 0.5) is 13.2 Å². The fourth-order valence-corrected chi connectivity index (χ4v) is 3.77. The molecule has 1 N–H and O–H groups in total. The molecule has 0 aromatic heterocycles. The van der Waals surface area contributed by atoms with E-state index in [2.05, 4.69) is 36.6 Å². The number of rotatable bonds is 5. The van der Waals surface area contributed by atoms with Gasteiger partial charge in [0, 0.05) is 14.5 Å². The molecule has 0 saturated heterocycles. The highest BCUT2D eigenvalue weighted by Gasteiger charge is 2.49. The van der Waals surface area contributed by atoms with Crippen molar-refractivity contribution in [3.8, 4) is 23.0 Å². The molecule has 1 aliphatic heterocycles. The van der Waals surface area contributed by atoms with Gasteiger partial charge in [-0.05, 0) is 37.3 Å². The van der Waals surface area contributed by atoms with Crippen molar-refractivity contribution in [3.63, 3.8) is 0 Å². The summed E-state index contributed by atoms with van der Waals surface area (Å²) in [7, 11) is 2.74. The summed E-state index contributed by atoms with van der Waals surface area (Å²) in [6.07, 6.45) is -5.46. The van der Waals surface area contributed by atoms with Crippen LogP contribution in [0.3, 0.4) is 0 Å². The second kappa shape index (κ2) is 11.6. The van der Waals surface area contributed by atoms with E-state index >= 15 is 0 Å². The van der Waals surface area contributed by atoms with Crippen LogP contribution >= 0.6 is 31.9 Å². The van der Waals surface area contributed by atoms with Gasteiger partial charge in [0.1, 0.15) is 0 Å². The van der Waals surface area contributed by atoms with Crippen LogP contribution < -0.4 is 14.2 Å². The number of benzene rings is 2. The average Bonchev–Trinajstić information content (AvgIpc) is 2.78. The number of alkyl halides is 3. The van der Waals surface area contributed by atoms with Crippen LogP contribution in [0.1, 0.15) is 22.8 Å². The Morgan fingerprint density at radius 1 is 1.12 bits per heavy atom. The molecule has 1 atom stereocenters. The lowest BCUT2D eigenvalue weighted by atomic mass is 10.0. The maximum atomic E-state index is 13.2. The third kappa shape index (κ3) is 6.44. The molecule has 1 heterocycles. The Bertz CT molecular complexity index is 1100. The summed E-state index contributed by atoms with van der Waals surface area (Å²) >= 11 is 6.40. The second-order valence-electron chi connectivity index (χ2n) is 6.55. The van der Waals surface area contributed by atoms with E-state index in [1.807, 2.05) is 0 Å². The molecule has 184 valence electrons. The number of halogens is 5. The molecule has 7 nitrogen and oxygen atoms in total. The Kier molecular flexibility index (Phi) is 9.39. The maximum absolute atomic E-state index is 13.2. The van der Waals surface area contributed by atoms with E-state index in [-0.39, 0.29) is 35.2 Å². The monoisotopic (exact) mass is 610 g/mol. The zero-order valence-corrected chi connectivity index (χ0v) is 21.2. The number of aldehydes is 1. The summed E-state index contributed by atoms with van der Waals surface area (Å²) in [6.45, 7) is 1.48. The molecule has 2 aromatic carbocycles. The molecule has 2 aromatic rings. The van der Waals surface area contributed by atoms with Gasteiger partial charge in [0.15, 0.2) is 29.3 Å². The predicted molar refractivity (Wildman–Crippen MR) is 124 cm³/mol. The van der Waals surface area contributed by atoms with Crippen molar-refractivity contribution in [1.29, 1.82) is 0 Å². The highest BCUT2D eigenvalue weighted by Crippen LogP contribution is 2.43. The first-order valence-corrected chi connectivity index (χ1v) is 11.1. The molecule has 0 aliphatic carbocycles. The normalized spacial score (nSPS) is 14.5. The largest absolute Gasteiger partial charge is 0.504 e. The number of phenolic OH excluding ortho intramolecular Hbond substituents is 1. The van der Waals surface area contributed by atoms with Crippen molar-refractivity contribution in [2.24, 2.45) is 0 Å². The van der Waals surface area contributed by atoms with Gasteiger partial charge in [-0.2, -0.15) is 13.2 Å². The minimum Gasteiger partial charge on any atom is -0.504 e. The van der Waals surface area contributed by atoms with Gasteiger partial charge in [-0.3, -0.25) is 4.79 Å². The SMILES string of the molecule is CCOC(=O)C1=Cc2cc(Br)cc(OC)c2OC1C(F)(F)F.COc1cc(Br)cc(C=O)c1O. The molecule has 0 saturated carbocycles. The fourth-order valence-electron chi connectivity index (χ4n) is 2.86. The molecule has 0 bridgehead atoms. The van der Waals surface area contributed by atoms with E-state index in [0.717, 1.165) is 6.08 Å². The number of fused-ring (bicyclic) bond motifs is 1. The highest BCUT2D eigenvalue weighted by atomic mass is 79.9. The molecular weight excluding hydrogens is 593 g/mol. The predicted octanol–water partition coefficient (Wildman–Crippen LogP) is 5.70. The van der Waals surface area contributed by atoms with Gasteiger partial charge in [-0.25, -0.2) is 4.79 Å². The smallest absolute Gasteiger partial charge is 0.430 e. The molecule has 1 aliphatic rings. The number of aromatic hydroxyl groups is 1. The molecule has 0 radical (unpaired) electrons. The standard InChI is InChI=1S/C14H12BrF3O4.C8H7BrO3/c1-3-21-13(19)9-5-7-4-8(15)6-10(20-2)11(7)22-12(9)14(16,17)18;1-12-7-3-6(9)2-5(4-10)8(7)11/h4-6,12H,3H2,1-2H3;2-4,11H,1H3. The Labute approximate surface area is 209 Å². The number of hydrogen-bond acceptors (Lipinski definition) is 7. The number of hydrogen-bond donors (Lipinski definition) is 1. The molecular formula is C22H19Br2F3O7. The number of methoxy groups -OCH3 is 2. The van der Waals surface area contributed by atoms with E-state index in [1.165, 1.54) is 39.3 Å². The minimum absolute atomic E-state index is 0.0323. The summed E-state index contributed by atoms with van der Waals surface area (Å²) in [4.78, 5) is 22.2. The average molecular weight is 612 g/mol. The van der Waals surface area contributed by atoms with Crippen LogP contribution in [0.2, 0.25) is 0 Å². The maximum Gasteiger partial charge on any atom is 0.430 e. The lowest BCUT2D eigenvalue weighted by Crippen LogP contribution is -2.40.